The number of thiazole rings is 1. The van der Waals surface area contributed by atoms with Crippen LogP contribution in [0.5, 0.6) is 0 Å². The predicted molar refractivity (Wildman–Crippen MR) is 96.9 cm³/mol. The van der Waals surface area contributed by atoms with Gasteiger partial charge in [-0.25, -0.2) is 8.78 Å². The molecule has 1 heterocycles. The molecule has 0 spiro atoms. The molecule has 0 unspecified atom stereocenters. The van der Waals surface area contributed by atoms with Crippen molar-refractivity contribution in [2.75, 3.05) is 13.2 Å². The second-order valence-corrected chi connectivity index (χ2v) is 6.66. The van der Waals surface area contributed by atoms with E-state index in [-0.39, 0.29) is 24.0 Å². The van der Waals surface area contributed by atoms with Crippen LogP contribution in [0, 0.1) is 11.6 Å². The number of hydrogen-bond donors (Lipinski definition) is 0. The Labute approximate surface area is 153 Å². The summed E-state index contributed by atoms with van der Waals surface area (Å²) in [7, 11) is 0. The maximum Gasteiger partial charge on any atom is 0.252 e. The van der Waals surface area contributed by atoms with Gasteiger partial charge in [-0.15, -0.1) is 0 Å². The number of hydrogen-bond acceptors (Lipinski definition) is 3. The molecule has 26 heavy (non-hydrogen) atoms. The van der Waals surface area contributed by atoms with Crippen LogP contribution in [-0.2, 0) is 22.5 Å². The molecule has 0 fully saturated rings. The van der Waals surface area contributed by atoms with Crippen molar-refractivity contribution in [3.63, 3.8) is 0 Å². The molecule has 136 valence electrons. The first-order valence-electron chi connectivity index (χ1n) is 8.25. The molecule has 1 amide bonds. The second-order valence-electron chi connectivity index (χ2n) is 5.65. The highest BCUT2D eigenvalue weighted by Crippen LogP contribution is 2.18. The highest BCUT2D eigenvalue weighted by Gasteiger charge is 2.09. The van der Waals surface area contributed by atoms with Crippen LogP contribution in [0.3, 0.4) is 0 Å². The van der Waals surface area contributed by atoms with Crippen LogP contribution in [0.4, 0.5) is 8.78 Å². The maximum absolute atomic E-state index is 13.5. The van der Waals surface area contributed by atoms with Crippen LogP contribution in [0.2, 0.25) is 0 Å². The standard InChI is InChI=1S/C19H18F2N2O2S/c1-2-25-10-9-23-16-8-7-15(21)12-17(16)26-19(23)22-18(24)11-13-3-5-14(20)6-4-13/h3-8,12H,2,9-11H2,1H3. The van der Waals surface area contributed by atoms with E-state index >= 15 is 0 Å². The summed E-state index contributed by atoms with van der Waals surface area (Å²) in [4.78, 5) is 17.0. The van der Waals surface area contributed by atoms with Crippen molar-refractivity contribution in [2.24, 2.45) is 4.99 Å². The molecular weight excluding hydrogens is 358 g/mol. The largest absolute Gasteiger partial charge is 0.380 e. The molecule has 0 N–H and O–H groups in total. The first-order chi connectivity index (χ1) is 12.6. The smallest absolute Gasteiger partial charge is 0.252 e. The Balaban J connectivity index is 1.93. The summed E-state index contributed by atoms with van der Waals surface area (Å²) in [6, 6.07) is 10.2. The molecule has 0 atom stereocenters. The van der Waals surface area contributed by atoms with Gasteiger partial charge in [0.15, 0.2) is 4.80 Å². The quantitative estimate of drug-likeness (QED) is 0.616. The topological polar surface area (TPSA) is 43.6 Å². The molecule has 0 aliphatic heterocycles. The molecule has 0 saturated carbocycles. The number of aromatic nitrogens is 1. The highest BCUT2D eigenvalue weighted by atomic mass is 32.1. The molecule has 4 nitrogen and oxygen atoms in total. The van der Waals surface area contributed by atoms with Crippen molar-refractivity contribution in [3.8, 4) is 0 Å². The van der Waals surface area contributed by atoms with Crippen LogP contribution >= 0.6 is 11.3 Å². The normalized spacial score (nSPS) is 12.0. The van der Waals surface area contributed by atoms with Crippen LogP contribution < -0.4 is 4.80 Å². The average Bonchev–Trinajstić information content (AvgIpc) is 2.93. The summed E-state index contributed by atoms with van der Waals surface area (Å²) in [5.74, 6) is -1.02. The van der Waals surface area contributed by atoms with Gasteiger partial charge in [0, 0.05) is 13.2 Å². The van der Waals surface area contributed by atoms with Crippen molar-refractivity contribution < 1.29 is 18.3 Å². The van der Waals surface area contributed by atoms with Gasteiger partial charge in [0.05, 0.1) is 23.2 Å². The van der Waals surface area contributed by atoms with E-state index in [1.165, 1.54) is 35.6 Å². The Hall–Kier alpha value is -2.38. The lowest BCUT2D eigenvalue weighted by molar-refractivity contribution is -0.117. The van der Waals surface area contributed by atoms with Gasteiger partial charge in [-0.05, 0) is 42.8 Å². The molecule has 0 saturated heterocycles. The van der Waals surface area contributed by atoms with Gasteiger partial charge in [0.25, 0.3) is 5.91 Å². The summed E-state index contributed by atoms with van der Waals surface area (Å²) in [6.07, 6.45) is 0.0777. The number of nitrogens with zero attached hydrogens (tertiary/aromatic N) is 2. The van der Waals surface area contributed by atoms with Gasteiger partial charge < -0.3 is 9.30 Å². The average molecular weight is 376 g/mol. The molecule has 3 rings (SSSR count). The van der Waals surface area contributed by atoms with Gasteiger partial charge >= 0.3 is 0 Å². The maximum atomic E-state index is 13.5. The lowest BCUT2D eigenvalue weighted by Gasteiger charge is -2.05. The number of fused-ring (bicyclic) bond motifs is 1. The highest BCUT2D eigenvalue weighted by molar-refractivity contribution is 7.16. The number of rotatable bonds is 6. The lowest BCUT2D eigenvalue weighted by Crippen LogP contribution is -2.20. The van der Waals surface area contributed by atoms with Crippen molar-refractivity contribution >= 4 is 27.5 Å². The molecule has 0 aliphatic carbocycles. The van der Waals surface area contributed by atoms with E-state index in [0.29, 0.717) is 30.1 Å². The molecule has 3 aromatic rings. The Morgan fingerprint density at radius 2 is 1.88 bits per heavy atom. The van der Waals surface area contributed by atoms with Gasteiger partial charge in [-0.1, -0.05) is 23.5 Å². The van der Waals surface area contributed by atoms with Crippen molar-refractivity contribution in [1.82, 2.24) is 4.57 Å². The third-order valence-electron chi connectivity index (χ3n) is 3.80. The van der Waals surface area contributed by atoms with E-state index in [9.17, 15) is 13.6 Å². The van der Waals surface area contributed by atoms with Gasteiger partial charge in [0.2, 0.25) is 0 Å². The van der Waals surface area contributed by atoms with Gasteiger partial charge in [-0.2, -0.15) is 4.99 Å². The summed E-state index contributed by atoms with van der Waals surface area (Å²) in [5.41, 5.74) is 1.50. The van der Waals surface area contributed by atoms with Crippen LogP contribution in [0.25, 0.3) is 10.2 Å². The summed E-state index contributed by atoms with van der Waals surface area (Å²) >= 11 is 1.26. The zero-order valence-corrected chi connectivity index (χ0v) is 15.1. The summed E-state index contributed by atoms with van der Waals surface area (Å²) in [6.45, 7) is 3.48. The molecule has 1 aromatic heterocycles. The molecule has 0 radical (unpaired) electrons. The van der Waals surface area contributed by atoms with E-state index in [2.05, 4.69) is 4.99 Å². The molecular formula is C19H18F2N2O2S. The third kappa shape index (κ3) is 4.42. The number of halogens is 2. The third-order valence-corrected chi connectivity index (χ3v) is 4.84. The number of carbonyl (C=O) groups is 1. The predicted octanol–water partition coefficient (Wildman–Crippen LogP) is 3.69. The minimum atomic E-state index is -0.349. The summed E-state index contributed by atoms with van der Waals surface area (Å²) < 4.78 is 34.5. The number of benzene rings is 2. The molecule has 2 aromatic carbocycles. The van der Waals surface area contributed by atoms with Crippen LogP contribution in [0.15, 0.2) is 47.5 Å². The Morgan fingerprint density at radius 1 is 1.15 bits per heavy atom. The first kappa shape index (κ1) is 18.4. The SMILES string of the molecule is CCOCCn1c(=NC(=O)Cc2ccc(F)cc2)sc2cc(F)ccc21. The van der Waals surface area contributed by atoms with Crippen LogP contribution in [-0.4, -0.2) is 23.7 Å². The van der Waals surface area contributed by atoms with Gasteiger partial charge in [0.1, 0.15) is 11.6 Å². The van der Waals surface area contributed by atoms with E-state index in [1.54, 1.807) is 18.2 Å². The fraction of sp³-hybridized carbons (Fsp3) is 0.263. The fourth-order valence-corrected chi connectivity index (χ4v) is 3.67. The van der Waals surface area contributed by atoms with Crippen molar-refractivity contribution in [3.05, 3.63) is 64.5 Å². The van der Waals surface area contributed by atoms with Crippen LogP contribution in [0.1, 0.15) is 12.5 Å². The number of amides is 1. The Morgan fingerprint density at radius 3 is 2.62 bits per heavy atom. The zero-order chi connectivity index (χ0) is 18.5. The summed E-state index contributed by atoms with van der Waals surface area (Å²) in [5, 5.41) is 0. The lowest BCUT2D eigenvalue weighted by atomic mass is 10.1. The zero-order valence-electron chi connectivity index (χ0n) is 14.2. The van der Waals surface area contributed by atoms with E-state index in [0.717, 1.165) is 10.2 Å². The second kappa shape index (κ2) is 8.33. The molecule has 0 aliphatic rings. The van der Waals surface area contributed by atoms with Gasteiger partial charge in [-0.3, -0.25) is 4.79 Å². The van der Waals surface area contributed by atoms with E-state index in [4.69, 9.17) is 4.74 Å². The van der Waals surface area contributed by atoms with Crippen molar-refractivity contribution in [1.29, 1.82) is 0 Å². The Kier molecular flexibility index (Phi) is 5.90. The van der Waals surface area contributed by atoms with E-state index in [1.807, 2.05) is 11.5 Å². The van der Waals surface area contributed by atoms with E-state index < -0.39 is 0 Å². The molecule has 7 heteroatoms. The minimum absolute atomic E-state index is 0.0777. The minimum Gasteiger partial charge on any atom is -0.380 e. The fourth-order valence-electron chi connectivity index (χ4n) is 2.57. The monoisotopic (exact) mass is 376 g/mol. The molecule has 0 bridgehead atoms. The number of carbonyl (C=O) groups excluding carboxylic acids is 1. The van der Waals surface area contributed by atoms with Crippen molar-refractivity contribution in [2.45, 2.75) is 19.9 Å². The number of ether oxygens (including phenoxy) is 1. The Bertz CT molecular complexity index is 977. The first-order valence-corrected chi connectivity index (χ1v) is 9.07.